The second-order valence-corrected chi connectivity index (χ2v) is 6.47. The van der Waals surface area contributed by atoms with Crippen LogP contribution in [0.25, 0.3) is 5.69 Å². The van der Waals surface area contributed by atoms with E-state index in [0.717, 1.165) is 17.8 Å². The summed E-state index contributed by atoms with van der Waals surface area (Å²) in [5.41, 5.74) is 1.82. The van der Waals surface area contributed by atoms with E-state index in [1.807, 2.05) is 19.1 Å². The fourth-order valence-electron chi connectivity index (χ4n) is 2.94. The maximum absolute atomic E-state index is 12.5. The molecule has 10 heteroatoms. The van der Waals surface area contributed by atoms with Crippen molar-refractivity contribution in [3.05, 3.63) is 66.0 Å². The largest absolute Gasteiger partial charge is 0.573 e. The van der Waals surface area contributed by atoms with Crippen LogP contribution in [0.4, 0.5) is 13.2 Å². The van der Waals surface area contributed by atoms with Crippen LogP contribution >= 0.6 is 0 Å². The number of hydrogen-bond donors (Lipinski definition) is 0. The van der Waals surface area contributed by atoms with Crippen molar-refractivity contribution in [1.82, 2.24) is 9.78 Å². The summed E-state index contributed by atoms with van der Waals surface area (Å²) in [7, 11) is 1.58. The molecule has 170 valence electrons. The first-order valence-corrected chi connectivity index (χ1v) is 9.67. The molecular weight excluding hydrogens is 429 g/mol. The Bertz CT molecular complexity index is 1030. The van der Waals surface area contributed by atoms with Crippen molar-refractivity contribution in [3.63, 3.8) is 0 Å². The molecule has 1 heterocycles. The normalized spacial score (nSPS) is 11.2. The van der Waals surface area contributed by atoms with Gasteiger partial charge in [-0.25, -0.2) is 9.48 Å². The number of aromatic nitrogens is 2. The summed E-state index contributed by atoms with van der Waals surface area (Å²) in [5.74, 6) is 0.134. The Balaban J connectivity index is 1.54. The van der Waals surface area contributed by atoms with Gasteiger partial charge in [-0.1, -0.05) is 6.92 Å². The fourth-order valence-corrected chi connectivity index (χ4v) is 2.94. The highest BCUT2D eigenvalue weighted by Gasteiger charge is 2.31. The van der Waals surface area contributed by atoms with Crippen LogP contribution in [-0.4, -0.2) is 42.4 Å². The van der Waals surface area contributed by atoms with Gasteiger partial charge in [0.05, 0.1) is 24.7 Å². The first kappa shape index (κ1) is 23.0. The molecule has 3 rings (SSSR count). The number of nitrogens with zero attached hydrogens (tertiary/aromatic N) is 2. The molecule has 0 aliphatic heterocycles. The minimum absolute atomic E-state index is 0.0271. The zero-order chi connectivity index (χ0) is 23.1. The van der Waals surface area contributed by atoms with Crippen molar-refractivity contribution in [2.45, 2.75) is 19.7 Å². The molecule has 0 N–H and O–H groups in total. The Morgan fingerprint density at radius 1 is 0.969 bits per heavy atom. The number of rotatable bonds is 9. The maximum atomic E-state index is 12.5. The molecule has 0 bridgehead atoms. The molecule has 0 amide bonds. The van der Waals surface area contributed by atoms with E-state index < -0.39 is 12.3 Å². The molecule has 1 aromatic heterocycles. The van der Waals surface area contributed by atoms with Crippen LogP contribution in [0.15, 0.2) is 54.7 Å². The van der Waals surface area contributed by atoms with Gasteiger partial charge < -0.3 is 18.9 Å². The molecule has 0 radical (unpaired) electrons. The van der Waals surface area contributed by atoms with E-state index in [4.69, 9.17) is 14.2 Å². The van der Waals surface area contributed by atoms with Gasteiger partial charge in [0.15, 0.2) is 0 Å². The van der Waals surface area contributed by atoms with Gasteiger partial charge in [0.25, 0.3) is 0 Å². The SMILES string of the molecule is CCc1c(C(=O)OCCOc2ccc(OC(F)(F)F)cc2)cnn1-c1ccc(OC)cc1. The van der Waals surface area contributed by atoms with E-state index in [2.05, 4.69) is 9.84 Å². The van der Waals surface area contributed by atoms with E-state index in [1.54, 1.807) is 23.9 Å². The summed E-state index contributed by atoms with van der Waals surface area (Å²) < 4.78 is 57.8. The van der Waals surface area contributed by atoms with E-state index in [-0.39, 0.29) is 19.0 Å². The van der Waals surface area contributed by atoms with Crippen molar-refractivity contribution in [3.8, 4) is 22.9 Å². The molecule has 0 fully saturated rings. The Kier molecular flexibility index (Phi) is 7.24. The van der Waals surface area contributed by atoms with Crippen LogP contribution in [0.5, 0.6) is 17.2 Å². The summed E-state index contributed by atoms with van der Waals surface area (Å²) in [6.07, 6.45) is -2.75. The van der Waals surface area contributed by atoms with Crippen LogP contribution in [-0.2, 0) is 11.2 Å². The third-order valence-corrected chi connectivity index (χ3v) is 4.38. The lowest BCUT2D eigenvalue weighted by molar-refractivity contribution is -0.274. The topological polar surface area (TPSA) is 71.8 Å². The van der Waals surface area contributed by atoms with Crippen LogP contribution in [0.1, 0.15) is 23.0 Å². The number of ether oxygens (including phenoxy) is 4. The van der Waals surface area contributed by atoms with Crippen LogP contribution < -0.4 is 14.2 Å². The van der Waals surface area contributed by atoms with Gasteiger partial charge in [0.1, 0.15) is 36.0 Å². The molecule has 2 aromatic carbocycles. The smallest absolute Gasteiger partial charge is 0.497 e. The summed E-state index contributed by atoms with van der Waals surface area (Å²) in [6, 6.07) is 12.2. The molecule has 32 heavy (non-hydrogen) atoms. The van der Waals surface area contributed by atoms with Crippen molar-refractivity contribution in [1.29, 1.82) is 0 Å². The molecule has 0 saturated heterocycles. The van der Waals surface area contributed by atoms with E-state index in [1.165, 1.54) is 18.3 Å². The number of carbonyl (C=O) groups excluding carboxylic acids is 1. The van der Waals surface area contributed by atoms with Crippen molar-refractivity contribution in [2.24, 2.45) is 0 Å². The first-order valence-electron chi connectivity index (χ1n) is 9.67. The Labute approximate surface area is 182 Å². The average Bonchev–Trinajstić information content (AvgIpc) is 3.21. The summed E-state index contributed by atoms with van der Waals surface area (Å²) in [5, 5.41) is 4.30. The molecule has 7 nitrogen and oxygen atoms in total. The summed E-state index contributed by atoms with van der Waals surface area (Å²) in [4.78, 5) is 12.5. The Hall–Kier alpha value is -3.69. The highest BCUT2D eigenvalue weighted by Crippen LogP contribution is 2.25. The van der Waals surface area contributed by atoms with Gasteiger partial charge in [-0.3, -0.25) is 0 Å². The lowest BCUT2D eigenvalue weighted by atomic mass is 10.2. The number of esters is 1. The third-order valence-electron chi connectivity index (χ3n) is 4.38. The van der Waals surface area contributed by atoms with E-state index in [9.17, 15) is 18.0 Å². The number of halogens is 3. The second kappa shape index (κ2) is 10.1. The third kappa shape index (κ3) is 5.93. The van der Waals surface area contributed by atoms with Gasteiger partial charge in [0.2, 0.25) is 0 Å². The van der Waals surface area contributed by atoms with Crippen molar-refractivity contribution >= 4 is 5.97 Å². The average molecular weight is 450 g/mol. The minimum atomic E-state index is -4.75. The van der Waals surface area contributed by atoms with Crippen LogP contribution in [0.3, 0.4) is 0 Å². The number of methoxy groups -OCH3 is 1. The van der Waals surface area contributed by atoms with Crippen LogP contribution in [0.2, 0.25) is 0 Å². The first-order chi connectivity index (χ1) is 15.3. The summed E-state index contributed by atoms with van der Waals surface area (Å²) in [6.45, 7) is 1.89. The number of hydrogen-bond acceptors (Lipinski definition) is 6. The quantitative estimate of drug-likeness (QED) is 0.351. The van der Waals surface area contributed by atoms with Gasteiger partial charge >= 0.3 is 12.3 Å². The zero-order valence-electron chi connectivity index (χ0n) is 17.4. The predicted molar refractivity (Wildman–Crippen MR) is 108 cm³/mol. The van der Waals surface area contributed by atoms with Crippen molar-refractivity contribution in [2.75, 3.05) is 20.3 Å². The lowest BCUT2D eigenvalue weighted by Crippen LogP contribution is -2.17. The van der Waals surface area contributed by atoms with E-state index in [0.29, 0.717) is 29.2 Å². The number of alkyl halides is 3. The summed E-state index contributed by atoms with van der Waals surface area (Å²) >= 11 is 0. The van der Waals surface area contributed by atoms with Gasteiger partial charge in [-0.2, -0.15) is 5.10 Å². The lowest BCUT2D eigenvalue weighted by Gasteiger charge is -2.11. The Morgan fingerprint density at radius 2 is 1.59 bits per heavy atom. The molecule has 0 aliphatic carbocycles. The molecule has 0 saturated carbocycles. The number of benzene rings is 2. The second-order valence-electron chi connectivity index (χ2n) is 6.47. The molecule has 0 atom stereocenters. The predicted octanol–water partition coefficient (Wildman–Crippen LogP) is 4.58. The van der Waals surface area contributed by atoms with Crippen molar-refractivity contribution < 1.29 is 36.9 Å². The van der Waals surface area contributed by atoms with Gasteiger partial charge in [-0.15, -0.1) is 13.2 Å². The maximum Gasteiger partial charge on any atom is 0.573 e. The van der Waals surface area contributed by atoms with Gasteiger partial charge in [-0.05, 0) is 55.0 Å². The zero-order valence-corrected chi connectivity index (χ0v) is 17.4. The monoisotopic (exact) mass is 450 g/mol. The molecule has 3 aromatic rings. The minimum Gasteiger partial charge on any atom is -0.497 e. The van der Waals surface area contributed by atoms with Gasteiger partial charge in [0, 0.05) is 0 Å². The molecule has 0 spiro atoms. The fraction of sp³-hybridized carbons (Fsp3) is 0.273. The van der Waals surface area contributed by atoms with Crippen LogP contribution in [0, 0.1) is 0 Å². The molecule has 0 aliphatic rings. The number of carbonyl (C=O) groups is 1. The molecule has 0 unspecified atom stereocenters. The standard InChI is InChI=1S/C22H21F3N2O5/c1-3-20-19(14-26-27(20)15-4-6-16(29-2)7-5-15)21(28)31-13-12-30-17-8-10-18(11-9-17)32-22(23,24)25/h4-11,14H,3,12-13H2,1-2H3. The molecular formula is C22H21F3N2O5. The Morgan fingerprint density at radius 3 is 2.19 bits per heavy atom. The highest BCUT2D eigenvalue weighted by molar-refractivity contribution is 5.90. The van der Waals surface area contributed by atoms with E-state index >= 15 is 0 Å². The highest BCUT2D eigenvalue weighted by atomic mass is 19.4.